The van der Waals surface area contributed by atoms with Crippen LogP contribution in [0.4, 0.5) is 4.79 Å². The lowest BCUT2D eigenvalue weighted by Crippen LogP contribution is -2.59. The molecule has 0 aliphatic carbocycles. The molecule has 2 heterocycles. The van der Waals surface area contributed by atoms with Crippen molar-refractivity contribution in [1.29, 1.82) is 0 Å². The lowest BCUT2D eigenvalue weighted by atomic mass is 9.85. The van der Waals surface area contributed by atoms with Gasteiger partial charge in [-0.05, 0) is 115 Å². The molecule has 2 aromatic carbocycles. The second kappa shape index (κ2) is 28.1. The van der Waals surface area contributed by atoms with E-state index in [1.54, 1.807) is 32.6 Å². The van der Waals surface area contributed by atoms with Crippen LogP contribution in [0.5, 0.6) is 0 Å². The number of nitrogens with one attached hydrogen (secondary N) is 2. The van der Waals surface area contributed by atoms with Gasteiger partial charge < -0.3 is 40.7 Å². The van der Waals surface area contributed by atoms with Gasteiger partial charge in [-0.3, -0.25) is 33.7 Å². The molecule has 0 bridgehead atoms. The molecule has 16 nitrogen and oxygen atoms in total. The highest BCUT2D eigenvalue weighted by molar-refractivity contribution is 5.92. The van der Waals surface area contributed by atoms with E-state index in [4.69, 9.17) is 10.5 Å². The Morgan fingerprint density at radius 3 is 1.64 bits per heavy atom. The third-order valence-corrected chi connectivity index (χ3v) is 14.1. The summed E-state index contributed by atoms with van der Waals surface area (Å²) in [4.78, 5) is 106. The van der Waals surface area contributed by atoms with Crippen molar-refractivity contribution in [3.8, 4) is 0 Å². The van der Waals surface area contributed by atoms with Crippen molar-refractivity contribution >= 4 is 41.5 Å². The Bertz CT molecular complexity index is 2070. The molecule has 2 saturated heterocycles. The van der Waals surface area contributed by atoms with Gasteiger partial charge in [0.05, 0.1) is 0 Å². The summed E-state index contributed by atoms with van der Waals surface area (Å²) >= 11 is 0. The van der Waals surface area contributed by atoms with E-state index in [1.807, 2.05) is 110 Å². The maximum Gasteiger partial charge on any atom is 0.410 e. The average Bonchev–Trinajstić information content (AvgIpc) is 4.02. The molecule has 0 radical (unpaired) electrons. The van der Waals surface area contributed by atoms with Crippen molar-refractivity contribution in [1.82, 2.24) is 35.1 Å². The van der Waals surface area contributed by atoms with Gasteiger partial charge in [-0.1, -0.05) is 95.3 Å². The maximum atomic E-state index is 14.6. The van der Waals surface area contributed by atoms with Gasteiger partial charge in [0.2, 0.25) is 35.4 Å². The van der Waals surface area contributed by atoms with Gasteiger partial charge in [0.1, 0.15) is 23.7 Å². The number of carbonyl (C=O) groups is 7. The normalized spacial score (nSPS) is 17.6. The smallest absolute Gasteiger partial charge is 0.410 e. The Labute approximate surface area is 430 Å². The fraction of sp³-hybridized carbons (Fsp3) is 0.661. The van der Waals surface area contributed by atoms with Crippen LogP contribution in [-0.2, 0) is 46.3 Å². The summed E-state index contributed by atoms with van der Waals surface area (Å²) in [6.07, 6.45) is 5.79. The van der Waals surface area contributed by atoms with Crippen molar-refractivity contribution in [3.63, 3.8) is 0 Å². The molecular weight excluding hydrogens is 913 g/mol. The van der Waals surface area contributed by atoms with Crippen LogP contribution >= 0.6 is 0 Å². The van der Waals surface area contributed by atoms with Crippen LogP contribution in [0, 0.1) is 11.3 Å². The van der Waals surface area contributed by atoms with Crippen LogP contribution in [0.3, 0.4) is 0 Å². The van der Waals surface area contributed by atoms with Crippen molar-refractivity contribution in [2.24, 2.45) is 17.1 Å². The van der Waals surface area contributed by atoms with E-state index in [0.29, 0.717) is 90.8 Å². The number of ether oxygens (including phenoxy) is 1. The largest absolute Gasteiger partial charge is 0.444 e. The highest BCUT2D eigenvalue weighted by atomic mass is 16.6. The quantitative estimate of drug-likeness (QED) is 0.102. The summed E-state index contributed by atoms with van der Waals surface area (Å²) in [5, 5.41) is 5.96. The molecule has 4 N–H and O–H groups in total. The number of amides is 7. The van der Waals surface area contributed by atoms with Gasteiger partial charge >= 0.3 is 6.09 Å². The number of likely N-dealkylation sites (tertiary alicyclic amines) is 2. The van der Waals surface area contributed by atoms with E-state index in [-0.39, 0.29) is 60.4 Å². The van der Waals surface area contributed by atoms with Gasteiger partial charge in [0.15, 0.2) is 0 Å². The zero-order chi connectivity index (χ0) is 53.2. The molecule has 16 heteroatoms. The minimum atomic E-state index is -0.915. The first-order chi connectivity index (χ1) is 34.0. The first kappa shape index (κ1) is 59.1. The van der Waals surface area contributed by atoms with Gasteiger partial charge in [-0.2, -0.15) is 0 Å². The highest BCUT2D eigenvalue weighted by Gasteiger charge is 2.42. The number of hydrogen-bond donors (Lipinski definition) is 3. The molecule has 4 rings (SSSR count). The van der Waals surface area contributed by atoms with E-state index >= 15 is 0 Å². The van der Waals surface area contributed by atoms with Gasteiger partial charge in [-0.15, -0.1) is 0 Å². The molecule has 6 atom stereocenters. The molecule has 400 valence electrons. The van der Waals surface area contributed by atoms with E-state index < -0.39 is 41.1 Å². The first-order valence-corrected chi connectivity index (χ1v) is 26.6. The maximum absolute atomic E-state index is 14.6. The molecule has 2 aromatic rings. The Hall–Kier alpha value is -5.51. The van der Waals surface area contributed by atoms with Gasteiger partial charge in [0.25, 0.3) is 0 Å². The summed E-state index contributed by atoms with van der Waals surface area (Å²) < 4.78 is 5.49. The lowest BCUT2D eigenvalue weighted by molar-refractivity contribution is -0.142. The molecule has 72 heavy (non-hydrogen) atoms. The van der Waals surface area contributed by atoms with Crippen LogP contribution in [0.1, 0.15) is 138 Å². The average molecular weight is 1000 g/mol. The van der Waals surface area contributed by atoms with Crippen LogP contribution in [0.25, 0.3) is 0 Å². The summed E-state index contributed by atoms with van der Waals surface area (Å²) in [5.41, 5.74) is 6.58. The minimum absolute atomic E-state index is 0.0898. The van der Waals surface area contributed by atoms with Crippen LogP contribution in [0.2, 0.25) is 0 Å². The number of nitrogens with zero attached hydrogens (tertiary/aromatic N) is 5. The second-order valence-corrected chi connectivity index (χ2v) is 22.0. The Kier molecular flexibility index (Phi) is 23.0. The second-order valence-electron chi connectivity index (χ2n) is 22.0. The van der Waals surface area contributed by atoms with E-state index in [9.17, 15) is 33.6 Å². The third kappa shape index (κ3) is 18.2. The molecule has 0 unspecified atom stereocenters. The zero-order valence-corrected chi connectivity index (χ0v) is 45.3. The first-order valence-electron chi connectivity index (χ1n) is 26.6. The van der Waals surface area contributed by atoms with Crippen LogP contribution in [-0.4, -0.2) is 155 Å². The van der Waals surface area contributed by atoms with Crippen molar-refractivity contribution in [2.75, 3.05) is 52.9 Å². The Morgan fingerprint density at radius 1 is 0.708 bits per heavy atom. The fourth-order valence-corrected chi connectivity index (χ4v) is 9.32. The van der Waals surface area contributed by atoms with Crippen molar-refractivity contribution in [3.05, 3.63) is 71.8 Å². The Balaban J connectivity index is 1.49. The molecule has 2 fully saturated rings. The van der Waals surface area contributed by atoms with Crippen LogP contribution in [0.15, 0.2) is 60.7 Å². The van der Waals surface area contributed by atoms with E-state index in [2.05, 4.69) is 10.6 Å². The fourth-order valence-electron chi connectivity index (χ4n) is 9.32. The molecule has 7 amide bonds. The Morgan fingerprint density at radius 2 is 1.19 bits per heavy atom. The van der Waals surface area contributed by atoms with Crippen LogP contribution < -0.4 is 16.4 Å². The molecule has 2 aliphatic heterocycles. The molecule has 0 spiro atoms. The lowest BCUT2D eigenvalue weighted by Gasteiger charge is -2.38. The van der Waals surface area contributed by atoms with Crippen molar-refractivity contribution < 1.29 is 38.3 Å². The summed E-state index contributed by atoms with van der Waals surface area (Å²) in [6.45, 7) is 19.2. The van der Waals surface area contributed by atoms with E-state index in [1.165, 1.54) is 11.9 Å². The highest BCUT2D eigenvalue weighted by Crippen LogP contribution is 2.28. The van der Waals surface area contributed by atoms with Gasteiger partial charge in [0, 0.05) is 77.2 Å². The van der Waals surface area contributed by atoms with Crippen molar-refractivity contribution in [2.45, 2.75) is 175 Å². The predicted octanol–water partition coefficient (Wildman–Crippen LogP) is 6.34. The predicted molar refractivity (Wildman–Crippen MR) is 281 cm³/mol. The van der Waals surface area contributed by atoms with Gasteiger partial charge in [-0.25, -0.2) is 4.79 Å². The summed E-state index contributed by atoms with van der Waals surface area (Å²) in [5.74, 6) is -1.45. The monoisotopic (exact) mass is 1000 g/mol. The number of nitrogens with two attached hydrogens (primary N) is 1. The molecular formula is C56H88N8O8. The number of carbonyl (C=O) groups excluding carboxylic acids is 7. The number of benzene rings is 2. The molecule has 0 saturated carbocycles. The number of likely N-dealkylation sites (N-methyl/N-ethyl adjacent to an activating group) is 1. The minimum Gasteiger partial charge on any atom is -0.444 e. The SMILES string of the molecule is CC[C@@H](C)C(=O)N[C@@H](CCCN)C(=O)N1CCC[C@H]1CN(CCc1ccccc1)C(=O)CCCC(=O)N(CCc1ccccc1)C[C@@H]1CCCN1C(=O)[C@@H](NC(=O)[C@H](C)N(C)C(=O)OC(C)(C)C)C(C)(C)C. The number of rotatable bonds is 25. The topological polar surface area (TPSA) is 195 Å². The molecule has 0 aromatic heterocycles. The van der Waals surface area contributed by atoms with E-state index in [0.717, 1.165) is 30.4 Å². The molecule has 2 aliphatic rings. The standard InChI is InChI=1S/C56H88N8O8/c1-11-40(2)50(67)58-46(28-19-33-57)52(69)63-34-20-26-44(63)38-61(36-31-42-22-14-12-15-23-42)47(65)29-18-30-48(66)62(37-32-43-24-16-13-17-25-43)39-45-27-21-35-64(45)53(70)49(55(4,5)6)59-51(68)41(3)60(10)54(71)72-56(7,8)9/h12-17,22-25,40-41,44-46,49H,11,18-21,26-39,57H2,1-10H3,(H,58,67)(H,59,68)/t40-,41+,44+,45+,46+,49-/m1/s1. The third-order valence-electron chi connectivity index (χ3n) is 14.1. The zero-order valence-electron chi connectivity index (χ0n) is 45.3. The number of hydrogen-bond acceptors (Lipinski definition) is 9. The summed E-state index contributed by atoms with van der Waals surface area (Å²) in [6, 6.07) is 16.9. The summed E-state index contributed by atoms with van der Waals surface area (Å²) in [7, 11) is 1.50.